The highest BCUT2D eigenvalue weighted by atomic mass is 32.2. The summed E-state index contributed by atoms with van der Waals surface area (Å²) in [6.07, 6.45) is 0.901. The fourth-order valence-corrected chi connectivity index (χ4v) is 3.57. The normalized spacial score (nSPS) is 22.3. The first-order chi connectivity index (χ1) is 8.97. The summed E-state index contributed by atoms with van der Waals surface area (Å²) in [7, 11) is -0.216. The van der Waals surface area contributed by atoms with Gasteiger partial charge in [-0.2, -0.15) is 0 Å². The van der Waals surface area contributed by atoms with Crippen molar-refractivity contribution in [3.8, 4) is 5.75 Å². The van der Waals surface area contributed by atoms with Crippen molar-refractivity contribution in [1.82, 2.24) is 10.0 Å². The Morgan fingerprint density at radius 1 is 1.42 bits per heavy atom. The lowest BCUT2D eigenvalue weighted by molar-refractivity contribution is 0.402. The molecule has 0 radical (unpaired) electrons. The van der Waals surface area contributed by atoms with Crippen molar-refractivity contribution in [2.24, 2.45) is 5.92 Å². The summed E-state index contributed by atoms with van der Waals surface area (Å²) in [5.74, 6) is 0.793. The Morgan fingerprint density at radius 3 is 2.63 bits per heavy atom. The minimum absolute atomic E-state index is 0.0580. The average molecular weight is 284 g/mol. The molecule has 0 spiro atoms. The molecule has 0 amide bonds. The molecule has 106 valence electrons. The standard InChI is InChI=1S/C13H20N2O3S/c1-9-6-11(9)15-19(16,17)13-7-10(8-14-2)4-5-12(13)18-3/h4-5,7,9,11,14-15H,6,8H2,1-3H3. The number of rotatable bonds is 6. The van der Waals surface area contributed by atoms with E-state index < -0.39 is 10.0 Å². The summed E-state index contributed by atoms with van der Waals surface area (Å²) in [5, 5.41) is 3.00. The zero-order valence-electron chi connectivity index (χ0n) is 11.4. The van der Waals surface area contributed by atoms with Crippen LogP contribution in [0.5, 0.6) is 5.75 Å². The van der Waals surface area contributed by atoms with Crippen LogP contribution in [-0.2, 0) is 16.6 Å². The van der Waals surface area contributed by atoms with Gasteiger partial charge in [-0.1, -0.05) is 13.0 Å². The van der Waals surface area contributed by atoms with Crippen LogP contribution < -0.4 is 14.8 Å². The van der Waals surface area contributed by atoms with Crippen molar-refractivity contribution in [2.45, 2.75) is 30.8 Å². The molecule has 1 aliphatic carbocycles. The van der Waals surface area contributed by atoms with Gasteiger partial charge in [0.05, 0.1) is 7.11 Å². The predicted octanol–water partition coefficient (Wildman–Crippen LogP) is 1.10. The highest BCUT2D eigenvalue weighted by Gasteiger charge is 2.37. The third-order valence-electron chi connectivity index (χ3n) is 3.31. The Kier molecular flexibility index (Phi) is 4.13. The molecule has 0 aliphatic heterocycles. The van der Waals surface area contributed by atoms with E-state index in [1.54, 1.807) is 12.1 Å². The van der Waals surface area contributed by atoms with Gasteiger partial charge >= 0.3 is 0 Å². The molecular weight excluding hydrogens is 264 g/mol. The zero-order chi connectivity index (χ0) is 14.0. The van der Waals surface area contributed by atoms with Gasteiger partial charge in [-0.3, -0.25) is 0 Å². The van der Waals surface area contributed by atoms with Crippen molar-refractivity contribution in [3.63, 3.8) is 0 Å². The van der Waals surface area contributed by atoms with E-state index in [4.69, 9.17) is 4.74 Å². The van der Waals surface area contributed by atoms with Gasteiger partial charge < -0.3 is 10.1 Å². The topological polar surface area (TPSA) is 67.4 Å². The molecule has 2 rings (SSSR count). The molecule has 1 aromatic carbocycles. The Balaban J connectivity index is 2.32. The molecule has 0 bridgehead atoms. The number of ether oxygens (including phenoxy) is 1. The molecule has 2 N–H and O–H groups in total. The van der Waals surface area contributed by atoms with E-state index in [1.807, 2.05) is 20.0 Å². The summed E-state index contributed by atoms with van der Waals surface area (Å²) in [6.45, 7) is 2.65. The fraction of sp³-hybridized carbons (Fsp3) is 0.538. The molecule has 1 saturated carbocycles. The van der Waals surface area contributed by atoms with Gasteiger partial charge in [0.15, 0.2) is 0 Å². The Hall–Kier alpha value is -1.11. The lowest BCUT2D eigenvalue weighted by Gasteiger charge is -2.12. The maximum absolute atomic E-state index is 12.4. The van der Waals surface area contributed by atoms with Gasteiger partial charge in [0.2, 0.25) is 10.0 Å². The van der Waals surface area contributed by atoms with E-state index in [0.717, 1.165) is 12.0 Å². The summed E-state index contributed by atoms with van der Waals surface area (Å²) >= 11 is 0. The van der Waals surface area contributed by atoms with Crippen LogP contribution in [0, 0.1) is 5.92 Å². The lowest BCUT2D eigenvalue weighted by Crippen LogP contribution is -2.27. The van der Waals surface area contributed by atoms with Crippen LogP contribution in [-0.4, -0.2) is 28.6 Å². The van der Waals surface area contributed by atoms with Gasteiger partial charge in [-0.05, 0) is 37.1 Å². The first-order valence-corrected chi connectivity index (χ1v) is 7.80. The second-order valence-corrected chi connectivity index (χ2v) is 6.64. The van der Waals surface area contributed by atoms with Crippen molar-refractivity contribution in [1.29, 1.82) is 0 Å². The molecule has 2 unspecified atom stereocenters. The molecule has 1 aliphatic rings. The van der Waals surface area contributed by atoms with Crippen LogP contribution in [0.1, 0.15) is 18.9 Å². The second-order valence-electron chi connectivity index (χ2n) is 4.96. The van der Waals surface area contributed by atoms with Crippen molar-refractivity contribution < 1.29 is 13.2 Å². The van der Waals surface area contributed by atoms with Crippen LogP contribution in [0.15, 0.2) is 23.1 Å². The number of nitrogens with one attached hydrogen (secondary N) is 2. The molecular formula is C13H20N2O3S. The molecule has 19 heavy (non-hydrogen) atoms. The van der Waals surface area contributed by atoms with Gasteiger partial charge in [-0.25, -0.2) is 13.1 Å². The number of methoxy groups -OCH3 is 1. The SMILES string of the molecule is CNCc1ccc(OC)c(S(=O)(=O)NC2CC2C)c1. The maximum atomic E-state index is 12.4. The van der Waals surface area contributed by atoms with Crippen molar-refractivity contribution in [2.75, 3.05) is 14.2 Å². The average Bonchev–Trinajstić information content (AvgIpc) is 3.04. The van der Waals surface area contributed by atoms with Crippen molar-refractivity contribution in [3.05, 3.63) is 23.8 Å². The monoisotopic (exact) mass is 284 g/mol. The molecule has 2 atom stereocenters. The molecule has 0 saturated heterocycles. The van der Waals surface area contributed by atoms with Gasteiger partial charge in [0.1, 0.15) is 10.6 Å². The summed E-state index contributed by atoms with van der Waals surface area (Å²) in [5.41, 5.74) is 0.910. The van der Waals surface area contributed by atoms with E-state index >= 15 is 0 Å². The van der Waals surface area contributed by atoms with E-state index in [0.29, 0.717) is 18.2 Å². The van der Waals surface area contributed by atoms with Crippen LogP contribution >= 0.6 is 0 Å². The number of hydrogen-bond acceptors (Lipinski definition) is 4. The Bertz CT molecular complexity index is 557. The van der Waals surface area contributed by atoms with Crippen molar-refractivity contribution >= 4 is 10.0 Å². The third-order valence-corrected chi connectivity index (χ3v) is 4.83. The Morgan fingerprint density at radius 2 is 2.11 bits per heavy atom. The third kappa shape index (κ3) is 3.26. The first kappa shape index (κ1) is 14.3. The molecule has 0 heterocycles. The van der Waals surface area contributed by atoms with E-state index in [2.05, 4.69) is 10.0 Å². The van der Waals surface area contributed by atoms with E-state index in [9.17, 15) is 8.42 Å². The minimum Gasteiger partial charge on any atom is -0.495 e. The van der Waals surface area contributed by atoms with Crippen LogP contribution in [0.25, 0.3) is 0 Å². The van der Waals surface area contributed by atoms with Gasteiger partial charge in [-0.15, -0.1) is 0 Å². The van der Waals surface area contributed by atoms with Crippen LogP contribution in [0.4, 0.5) is 0 Å². The van der Waals surface area contributed by atoms with Gasteiger partial charge in [0, 0.05) is 12.6 Å². The number of sulfonamides is 1. The largest absolute Gasteiger partial charge is 0.495 e. The smallest absolute Gasteiger partial charge is 0.244 e. The quantitative estimate of drug-likeness (QED) is 0.821. The maximum Gasteiger partial charge on any atom is 0.244 e. The highest BCUT2D eigenvalue weighted by Crippen LogP contribution is 2.32. The predicted molar refractivity (Wildman–Crippen MR) is 73.6 cm³/mol. The summed E-state index contributed by atoms with van der Waals surface area (Å²) in [4.78, 5) is 0.210. The minimum atomic E-state index is -3.52. The fourth-order valence-electron chi connectivity index (χ4n) is 1.99. The molecule has 6 heteroatoms. The van der Waals surface area contributed by atoms with Gasteiger partial charge in [0.25, 0.3) is 0 Å². The molecule has 5 nitrogen and oxygen atoms in total. The second kappa shape index (κ2) is 5.48. The number of benzene rings is 1. The molecule has 1 fully saturated rings. The van der Waals surface area contributed by atoms with E-state index in [-0.39, 0.29) is 10.9 Å². The first-order valence-electron chi connectivity index (χ1n) is 6.31. The molecule has 0 aromatic heterocycles. The summed E-state index contributed by atoms with van der Waals surface area (Å²) in [6, 6.07) is 5.26. The van der Waals surface area contributed by atoms with Crippen LogP contribution in [0.3, 0.4) is 0 Å². The molecule has 1 aromatic rings. The summed E-state index contributed by atoms with van der Waals surface area (Å²) < 4.78 is 32.6. The van der Waals surface area contributed by atoms with E-state index in [1.165, 1.54) is 7.11 Å². The lowest BCUT2D eigenvalue weighted by atomic mass is 10.2. The Labute approximate surface area is 114 Å². The highest BCUT2D eigenvalue weighted by molar-refractivity contribution is 7.89. The zero-order valence-corrected chi connectivity index (χ0v) is 12.3. The van der Waals surface area contributed by atoms with Crippen LogP contribution in [0.2, 0.25) is 0 Å². The number of hydrogen-bond donors (Lipinski definition) is 2.